The Morgan fingerprint density at radius 1 is 1.46 bits per heavy atom. The summed E-state index contributed by atoms with van der Waals surface area (Å²) in [4.78, 5) is 2.45. The second-order valence-corrected chi connectivity index (χ2v) is 5.31. The Bertz CT molecular complexity index is 233. The molecule has 1 aliphatic heterocycles. The largest absolute Gasteiger partial charge is 1.00 e. The molecule has 0 aromatic rings. The van der Waals surface area contributed by atoms with Gasteiger partial charge in [0.15, 0.2) is 0 Å². The van der Waals surface area contributed by atoms with Gasteiger partial charge in [-0.1, -0.05) is 13.3 Å². The van der Waals surface area contributed by atoms with E-state index in [4.69, 9.17) is 5.32 Å². The van der Waals surface area contributed by atoms with Gasteiger partial charge in [-0.2, -0.15) is 0 Å². The zero-order valence-corrected chi connectivity index (χ0v) is 13.9. The zero-order valence-electron chi connectivity index (χ0n) is 9.01. The van der Waals surface area contributed by atoms with E-state index in [0.29, 0.717) is 5.54 Å². The van der Waals surface area contributed by atoms with Crippen molar-refractivity contribution in [2.45, 2.75) is 25.3 Å². The normalized spacial score (nSPS) is 53.5. The Morgan fingerprint density at radius 3 is 2.69 bits per heavy atom. The van der Waals surface area contributed by atoms with Crippen LogP contribution in [-0.2, 0) is 0 Å². The molecule has 1 saturated heterocycles. The van der Waals surface area contributed by atoms with Crippen LogP contribution in [0.3, 0.4) is 0 Å². The summed E-state index contributed by atoms with van der Waals surface area (Å²) in [6.07, 6.45) is 2.82. The summed E-state index contributed by atoms with van der Waals surface area (Å²) < 4.78 is 0. The molecule has 13 heavy (non-hydrogen) atoms. The first-order valence-corrected chi connectivity index (χ1v) is 5.02. The molecule has 3 heteroatoms. The van der Waals surface area contributed by atoms with E-state index in [9.17, 15) is 0 Å². The van der Waals surface area contributed by atoms with E-state index in [2.05, 4.69) is 18.9 Å². The van der Waals surface area contributed by atoms with Gasteiger partial charge in [-0.3, -0.25) is 0 Å². The first kappa shape index (κ1) is 11.2. The topological polar surface area (TPSA) is 17.3 Å². The molecule has 1 spiro atoms. The van der Waals surface area contributed by atoms with Crippen molar-refractivity contribution in [1.29, 1.82) is 0 Å². The van der Waals surface area contributed by atoms with E-state index in [-0.39, 0.29) is 58.2 Å². The molecule has 1 heterocycles. The van der Waals surface area contributed by atoms with Crippen molar-refractivity contribution in [3.63, 3.8) is 0 Å². The van der Waals surface area contributed by atoms with Crippen molar-refractivity contribution in [2.24, 2.45) is 11.3 Å². The molecule has 3 aliphatic rings. The number of nitrogens with zero attached hydrogens (tertiary/aromatic N) is 2. The first-order valence-electron chi connectivity index (χ1n) is 5.02. The maximum atomic E-state index is 4.84. The molecule has 0 aromatic heterocycles. The van der Waals surface area contributed by atoms with Crippen molar-refractivity contribution in [2.75, 3.05) is 26.7 Å². The summed E-state index contributed by atoms with van der Waals surface area (Å²) in [5.74, 6) is 0.952. The van der Waals surface area contributed by atoms with Crippen LogP contribution >= 0.6 is 0 Å². The molecule has 0 aromatic carbocycles. The molecule has 3 fully saturated rings. The quantitative estimate of drug-likeness (QED) is 0.511. The van der Waals surface area contributed by atoms with Gasteiger partial charge in [0.05, 0.1) is 0 Å². The molecule has 3 rings (SSSR count). The second-order valence-electron chi connectivity index (χ2n) is 5.31. The predicted octanol–water partition coefficient (Wildman–Crippen LogP) is -1.52. The molecule has 0 bridgehead atoms. The summed E-state index contributed by atoms with van der Waals surface area (Å²) in [7, 11) is 2.23. The van der Waals surface area contributed by atoms with Crippen LogP contribution < -0.4 is 58.2 Å². The third-order valence-electron chi connectivity index (χ3n) is 4.16. The SMILES string of the molecule is CN1CC[N-]C2(C1)CC1(C)CC12.[Rb+]. The molecule has 2 saturated carbocycles. The van der Waals surface area contributed by atoms with Crippen molar-refractivity contribution < 1.29 is 58.2 Å². The van der Waals surface area contributed by atoms with Gasteiger partial charge in [0.1, 0.15) is 0 Å². The van der Waals surface area contributed by atoms with Crippen LogP contribution in [0.4, 0.5) is 0 Å². The molecule has 3 unspecified atom stereocenters. The molecule has 0 amide bonds. The summed E-state index contributed by atoms with van der Waals surface area (Å²) in [5.41, 5.74) is 1.14. The van der Waals surface area contributed by atoms with Crippen molar-refractivity contribution in [1.82, 2.24) is 4.90 Å². The van der Waals surface area contributed by atoms with Crippen LogP contribution in [0.15, 0.2) is 0 Å². The van der Waals surface area contributed by atoms with Gasteiger partial charge >= 0.3 is 58.2 Å². The monoisotopic (exact) mass is 250 g/mol. The van der Waals surface area contributed by atoms with Gasteiger partial charge in [-0.25, -0.2) is 0 Å². The van der Waals surface area contributed by atoms with Crippen LogP contribution in [-0.4, -0.2) is 37.1 Å². The van der Waals surface area contributed by atoms with Gasteiger partial charge in [-0.05, 0) is 37.9 Å². The summed E-state index contributed by atoms with van der Waals surface area (Å²) in [5, 5.41) is 4.84. The maximum Gasteiger partial charge on any atom is 1.00 e. The van der Waals surface area contributed by atoms with Crippen molar-refractivity contribution >= 4 is 0 Å². The molecule has 2 aliphatic carbocycles. The Hall–Kier alpha value is 1.73. The fraction of sp³-hybridized carbons (Fsp3) is 1.00. The Kier molecular flexibility index (Phi) is 2.90. The Balaban J connectivity index is 0.000000653. The molecule has 0 radical (unpaired) electrons. The van der Waals surface area contributed by atoms with Gasteiger partial charge < -0.3 is 10.2 Å². The van der Waals surface area contributed by atoms with Crippen molar-refractivity contribution in [3.05, 3.63) is 5.32 Å². The van der Waals surface area contributed by atoms with Gasteiger partial charge in [0, 0.05) is 0 Å². The maximum absolute atomic E-state index is 4.84. The Morgan fingerprint density at radius 2 is 2.23 bits per heavy atom. The van der Waals surface area contributed by atoms with Gasteiger partial charge in [-0.15, -0.1) is 12.1 Å². The molecule has 2 nitrogen and oxygen atoms in total. The second kappa shape index (κ2) is 3.36. The van der Waals surface area contributed by atoms with Crippen LogP contribution in [0.5, 0.6) is 0 Å². The standard InChI is InChI=1S/C10H17N2.Rb/c1-9-5-8(9)10(6-9)7-12(2)4-3-11-10;/h8H,3-7H2,1-2H3;/q-1;+1. The number of likely N-dealkylation sites (N-methyl/N-ethyl adjacent to an activating group) is 1. The van der Waals surface area contributed by atoms with Crippen LogP contribution in [0.25, 0.3) is 5.32 Å². The number of piperazine rings is 1. The van der Waals surface area contributed by atoms with E-state index >= 15 is 0 Å². The average Bonchev–Trinajstić information content (AvgIpc) is 2.56. The molecular formula is C10H17N2Rb. The third kappa shape index (κ3) is 1.56. The number of hydrogen-bond donors (Lipinski definition) is 0. The minimum atomic E-state index is 0. The zero-order chi connectivity index (χ0) is 8.40. The van der Waals surface area contributed by atoms with E-state index in [1.54, 1.807) is 0 Å². The number of fused-ring (bicyclic) bond motifs is 2. The number of rotatable bonds is 0. The van der Waals surface area contributed by atoms with Gasteiger partial charge in [0.2, 0.25) is 0 Å². The molecular weight excluding hydrogens is 234 g/mol. The fourth-order valence-electron chi connectivity index (χ4n) is 3.50. The molecule has 3 atom stereocenters. The van der Waals surface area contributed by atoms with Crippen molar-refractivity contribution in [3.8, 4) is 0 Å². The smallest absolute Gasteiger partial charge is 0.654 e. The number of hydrogen-bond acceptors (Lipinski definition) is 1. The summed E-state index contributed by atoms with van der Waals surface area (Å²) in [6.45, 7) is 5.90. The summed E-state index contributed by atoms with van der Waals surface area (Å²) >= 11 is 0. The molecule has 0 N–H and O–H groups in total. The van der Waals surface area contributed by atoms with Crippen LogP contribution in [0.1, 0.15) is 19.8 Å². The predicted molar refractivity (Wildman–Crippen MR) is 49.3 cm³/mol. The first-order chi connectivity index (χ1) is 5.65. The van der Waals surface area contributed by atoms with Crippen LogP contribution in [0.2, 0.25) is 0 Å². The summed E-state index contributed by atoms with van der Waals surface area (Å²) in [6, 6.07) is 0. The van der Waals surface area contributed by atoms with Crippen LogP contribution in [0, 0.1) is 11.3 Å². The minimum absolute atomic E-state index is 0. The fourth-order valence-corrected chi connectivity index (χ4v) is 3.50. The van der Waals surface area contributed by atoms with Gasteiger partial charge in [0.25, 0.3) is 0 Å². The van der Waals surface area contributed by atoms with E-state index in [1.807, 2.05) is 0 Å². The minimum Gasteiger partial charge on any atom is -0.654 e. The third-order valence-corrected chi connectivity index (χ3v) is 4.16. The van der Waals surface area contributed by atoms with E-state index in [1.165, 1.54) is 25.9 Å². The molecule has 68 valence electrons. The van der Waals surface area contributed by atoms with E-state index in [0.717, 1.165) is 17.9 Å². The average molecular weight is 251 g/mol. The van der Waals surface area contributed by atoms with E-state index < -0.39 is 0 Å². The Labute approximate surface area is 130 Å².